The quantitative estimate of drug-likeness (QED) is 0.0881. The van der Waals surface area contributed by atoms with Gasteiger partial charge >= 0.3 is 11.9 Å². The van der Waals surface area contributed by atoms with Crippen molar-refractivity contribution in [2.45, 2.75) is 78.4 Å². The standard InChI is InChI=1S/C45H51N5O6S/c1-29-26-32(55-25-8-7-10-30-19-22-49(23-20-30)28-40(51)52)15-16-33(29)34-17-18-39(47-41(34)43(54)56-45(2,3)4)50-24-21-31-11-9-12-35(36(31)27-50)42(53)48-44-46-37-13-5-6-14-38(37)57-44/h5-6,9,11-18,26,30H,7-8,10,19-25,27-28H2,1-4H3,(H,51,52)(H,46,48,53). The van der Waals surface area contributed by atoms with E-state index in [1.165, 1.54) is 11.3 Å². The lowest BCUT2D eigenvalue weighted by atomic mass is 9.91. The number of thiazole rings is 1. The van der Waals surface area contributed by atoms with Crippen molar-refractivity contribution in [3.05, 3.63) is 101 Å². The number of nitrogens with zero attached hydrogens (tertiary/aromatic N) is 4. The molecule has 12 heteroatoms. The number of piperidine rings is 1. The van der Waals surface area contributed by atoms with Crippen LogP contribution in [0.4, 0.5) is 10.9 Å². The zero-order chi connectivity index (χ0) is 40.1. The maximum Gasteiger partial charge on any atom is 0.358 e. The number of esters is 1. The third kappa shape index (κ3) is 9.98. The normalized spacial score (nSPS) is 15.0. The number of benzene rings is 3. The number of amides is 1. The summed E-state index contributed by atoms with van der Waals surface area (Å²) in [5.41, 5.74) is 5.50. The molecule has 2 N–H and O–H groups in total. The Balaban J connectivity index is 1.03. The van der Waals surface area contributed by atoms with Crippen LogP contribution in [0.1, 0.15) is 90.4 Å². The number of aryl methyl sites for hydroxylation is 1. The first kappa shape index (κ1) is 39.9. The van der Waals surface area contributed by atoms with Gasteiger partial charge in [-0.3, -0.25) is 19.8 Å². The number of nitrogens with one attached hydrogen (secondary N) is 1. The van der Waals surface area contributed by atoms with Gasteiger partial charge in [0, 0.05) is 24.2 Å². The predicted molar refractivity (Wildman–Crippen MR) is 224 cm³/mol. The van der Waals surface area contributed by atoms with E-state index >= 15 is 0 Å². The molecule has 4 heterocycles. The van der Waals surface area contributed by atoms with Crippen LogP contribution in [0.3, 0.4) is 0 Å². The molecule has 1 saturated heterocycles. The predicted octanol–water partition coefficient (Wildman–Crippen LogP) is 8.78. The van der Waals surface area contributed by atoms with Crippen molar-refractivity contribution < 1.29 is 29.0 Å². The Hall–Kier alpha value is -5.33. The molecule has 0 radical (unpaired) electrons. The lowest BCUT2D eigenvalue weighted by molar-refractivity contribution is -0.138. The first-order valence-electron chi connectivity index (χ1n) is 19.8. The maximum absolute atomic E-state index is 13.8. The monoisotopic (exact) mass is 789 g/mol. The number of aromatic nitrogens is 2. The molecule has 298 valence electrons. The van der Waals surface area contributed by atoms with Gasteiger partial charge in [-0.2, -0.15) is 0 Å². The Morgan fingerprint density at radius 1 is 0.930 bits per heavy atom. The molecule has 5 aromatic rings. The number of hydrogen-bond acceptors (Lipinski definition) is 10. The molecule has 0 bridgehead atoms. The summed E-state index contributed by atoms with van der Waals surface area (Å²) in [6.45, 7) is 11.1. The number of carboxylic acid groups (broad SMARTS) is 1. The van der Waals surface area contributed by atoms with Gasteiger partial charge in [-0.05, 0) is 144 Å². The number of unbranched alkanes of at least 4 members (excludes halogenated alkanes) is 1. The number of para-hydroxylation sites is 1. The smallest absolute Gasteiger partial charge is 0.358 e. The Kier molecular flexibility index (Phi) is 12.2. The summed E-state index contributed by atoms with van der Waals surface area (Å²) in [6.07, 6.45) is 5.96. The van der Waals surface area contributed by atoms with Gasteiger partial charge in [-0.25, -0.2) is 14.8 Å². The SMILES string of the molecule is Cc1cc(OCCCCC2CCN(CC(=O)O)CC2)ccc1-c1ccc(N2CCc3cccc(C(=O)Nc4nc5ccccc5s4)c3C2)nc1C(=O)OC(C)(C)C. The molecule has 11 nitrogen and oxygen atoms in total. The second kappa shape index (κ2) is 17.4. The van der Waals surface area contributed by atoms with Gasteiger partial charge in [0.25, 0.3) is 5.91 Å². The van der Waals surface area contributed by atoms with Gasteiger partial charge in [-0.15, -0.1) is 0 Å². The molecule has 0 spiro atoms. The van der Waals surface area contributed by atoms with Crippen LogP contribution in [0.2, 0.25) is 0 Å². The van der Waals surface area contributed by atoms with Crippen molar-refractivity contribution in [2.75, 3.05) is 43.0 Å². The van der Waals surface area contributed by atoms with Crippen molar-refractivity contribution >= 4 is 50.3 Å². The van der Waals surface area contributed by atoms with Crippen molar-refractivity contribution in [1.82, 2.24) is 14.9 Å². The van der Waals surface area contributed by atoms with E-state index in [1.807, 2.05) is 99.3 Å². The van der Waals surface area contributed by atoms with Crippen LogP contribution in [0.5, 0.6) is 5.75 Å². The fourth-order valence-electron chi connectivity index (χ4n) is 7.78. The summed E-state index contributed by atoms with van der Waals surface area (Å²) in [5.74, 6) is 0.584. The molecular weight excluding hydrogens is 739 g/mol. The second-order valence-corrected chi connectivity index (χ2v) is 17.1. The highest BCUT2D eigenvalue weighted by molar-refractivity contribution is 7.22. The lowest BCUT2D eigenvalue weighted by Gasteiger charge is -2.31. The number of likely N-dealkylation sites (tertiary alicyclic amines) is 1. The molecule has 0 unspecified atom stereocenters. The average molecular weight is 790 g/mol. The third-order valence-electron chi connectivity index (χ3n) is 10.7. The number of aliphatic carboxylic acids is 1. The first-order valence-corrected chi connectivity index (χ1v) is 20.7. The van der Waals surface area contributed by atoms with E-state index in [0.29, 0.717) is 47.7 Å². The molecule has 2 aromatic heterocycles. The van der Waals surface area contributed by atoms with Gasteiger partial charge in [-0.1, -0.05) is 48.1 Å². The number of anilines is 2. The molecule has 2 aliphatic rings. The molecule has 0 saturated carbocycles. The largest absolute Gasteiger partial charge is 0.494 e. The number of rotatable bonds is 13. The van der Waals surface area contributed by atoms with Gasteiger partial charge in [0.15, 0.2) is 10.8 Å². The van der Waals surface area contributed by atoms with E-state index in [4.69, 9.17) is 19.6 Å². The summed E-state index contributed by atoms with van der Waals surface area (Å²) in [6, 6.07) is 23.5. The zero-order valence-electron chi connectivity index (χ0n) is 33.2. The van der Waals surface area contributed by atoms with E-state index in [-0.39, 0.29) is 18.1 Å². The number of pyridine rings is 1. The summed E-state index contributed by atoms with van der Waals surface area (Å²) >= 11 is 1.45. The van der Waals surface area contributed by atoms with Gasteiger partial charge in [0.1, 0.15) is 17.2 Å². The van der Waals surface area contributed by atoms with E-state index in [1.54, 1.807) is 0 Å². The highest BCUT2D eigenvalue weighted by atomic mass is 32.1. The Labute approximate surface area is 338 Å². The summed E-state index contributed by atoms with van der Waals surface area (Å²) < 4.78 is 13.1. The molecule has 1 amide bonds. The molecule has 1 fully saturated rings. The minimum absolute atomic E-state index is 0.133. The number of carbonyl (C=O) groups excluding carboxylic acids is 2. The van der Waals surface area contributed by atoms with Crippen LogP contribution < -0.4 is 15.0 Å². The number of carbonyl (C=O) groups is 3. The summed E-state index contributed by atoms with van der Waals surface area (Å²) in [4.78, 5) is 52.2. The Morgan fingerprint density at radius 3 is 2.47 bits per heavy atom. The van der Waals surface area contributed by atoms with Crippen LogP contribution >= 0.6 is 11.3 Å². The lowest BCUT2D eigenvalue weighted by Crippen LogP contribution is -2.37. The Bertz CT molecular complexity index is 2220. The maximum atomic E-state index is 13.8. The molecule has 7 rings (SSSR count). The number of ether oxygens (including phenoxy) is 2. The highest BCUT2D eigenvalue weighted by Gasteiger charge is 2.28. The van der Waals surface area contributed by atoms with E-state index in [0.717, 1.165) is 89.8 Å². The minimum atomic E-state index is -0.757. The van der Waals surface area contributed by atoms with E-state index in [9.17, 15) is 14.4 Å². The molecule has 0 aliphatic carbocycles. The third-order valence-corrected chi connectivity index (χ3v) is 11.6. The minimum Gasteiger partial charge on any atom is -0.494 e. The zero-order valence-corrected chi connectivity index (χ0v) is 34.0. The van der Waals surface area contributed by atoms with Crippen molar-refractivity contribution in [1.29, 1.82) is 0 Å². The van der Waals surface area contributed by atoms with Gasteiger partial charge in [0.05, 0.1) is 23.4 Å². The van der Waals surface area contributed by atoms with Gasteiger partial charge < -0.3 is 19.5 Å². The molecule has 2 aliphatic heterocycles. The van der Waals surface area contributed by atoms with Crippen molar-refractivity contribution in [3.8, 4) is 16.9 Å². The topological polar surface area (TPSA) is 134 Å². The Morgan fingerprint density at radius 2 is 1.72 bits per heavy atom. The van der Waals surface area contributed by atoms with E-state index < -0.39 is 17.5 Å². The van der Waals surface area contributed by atoms with Crippen LogP contribution in [0.15, 0.2) is 72.8 Å². The fourth-order valence-corrected chi connectivity index (χ4v) is 8.64. The van der Waals surface area contributed by atoms with Crippen LogP contribution in [0, 0.1) is 12.8 Å². The molecule has 0 atom stereocenters. The van der Waals surface area contributed by atoms with Crippen molar-refractivity contribution in [3.63, 3.8) is 0 Å². The molecule has 57 heavy (non-hydrogen) atoms. The van der Waals surface area contributed by atoms with Gasteiger partial charge in [0.2, 0.25) is 0 Å². The number of fused-ring (bicyclic) bond motifs is 2. The number of carboxylic acids is 1. The van der Waals surface area contributed by atoms with Crippen LogP contribution in [-0.4, -0.2) is 76.2 Å². The fraction of sp³-hybridized carbons (Fsp3) is 0.400. The number of hydrogen-bond donors (Lipinski definition) is 2. The first-order chi connectivity index (χ1) is 27.4. The summed E-state index contributed by atoms with van der Waals surface area (Å²) in [7, 11) is 0. The van der Waals surface area contributed by atoms with E-state index in [2.05, 4.69) is 21.3 Å². The average Bonchev–Trinajstić information content (AvgIpc) is 3.59. The van der Waals surface area contributed by atoms with Crippen molar-refractivity contribution in [2.24, 2.45) is 5.92 Å². The molecular formula is C45H51N5O6S. The molecule has 3 aromatic carbocycles. The second-order valence-electron chi connectivity index (χ2n) is 16.1. The highest BCUT2D eigenvalue weighted by Crippen LogP contribution is 2.34. The van der Waals surface area contributed by atoms with Crippen LogP contribution in [-0.2, 0) is 22.5 Å². The summed E-state index contributed by atoms with van der Waals surface area (Å²) in [5, 5.41) is 12.6. The van der Waals surface area contributed by atoms with Crippen LogP contribution in [0.25, 0.3) is 21.3 Å².